The number of rotatable bonds is 2. The third-order valence-electron chi connectivity index (χ3n) is 5.54. The highest BCUT2D eigenvalue weighted by Crippen LogP contribution is 2.42. The van der Waals surface area contributed by atoms with Gasteiger partial charge in [0.15, 0.2) is 11.5 Å². The number of nitriles is 1. The summed E-state index contributed by atoms with van der Waals surface area (Å²) in [7, 11) is 1.85. The van der Waals surface area contributed by atoms with Gasteiger partial charge in [0.25, 0.3) is 5.91 Å². The van der Waals surface area contributed by atoms with Gasteiger partial charge in [-0.25, -0.2) is 0 Å². The Morgan fingerprint density at radius 3 is 2.72 bits per heavy atom. The van der Waals surface area contributed by atoms with Crippen molar-refractivity contribution in [1.29, 1.82) is 5.26 Å². The Hall–Kier alpha value is -3.92. The normalized spacial score (nSPS) is 16.9. The van der Waals surface area contributed by atoms with E-state index in [1.165, 1.54) is 0 Å². The van der Waals surface area contributed by atoms with Gasteiger partial charge in [0.1, 0.15) is 17.9 Å². The number of para-hydroxylation sites is 1. The first kappa shape index (κ1) is 17.2. The predicted octanol–water partition coefficient (Wildman–Crippen LogP) is 3.71. The summed E-state index contributed by atoms with van der Waals surface area (Å²) in [5.41, 5.74) is 4.36. The Kier molecular flexibility index (Phi) is 3.74. The molecule has 2 aliphatic heterocycles. The van der Waals surface area contributed by atoms with Gasteiger partial charge in [-0.3, -0.25) is 9.69 Å². The Morgan fingerprint density at radius 2 is 1.93 bits per heavy atom. The average molecular weight is 386 g/mol. The van der Waals surface area contributed by atoms with Crippen LogP contribution in [0.5, 0.6) is 11.5 Å². The lowest BCUT2D eigenvalue weighted by Crippen LogP contribution is -2.43. The van der Waals surface area contributed by atoms with Gasteiger partial charge in [0, 0.05) is 30.1 Å². The van der Waals surface area contributed by atoms with Crippen LogP contribution in [-0.2, 0) is 7.05 Å². The number of nitrogens with zero attached hydrogens (tertiary/aromatic N) is 3. The maximum absolute atomic E-state index is 13.5. The molecule has 2 aliphatic rings. The standard InChI is InChI=1S/C22H18N4O3/c1-13-17(9-15(11-23)25(13)2)21-24-18-6-4-3-5-16(18)22(27)26(21)14-7-8-19-20(10-14)29-12-28-19/h3-10,21,24H,12H2,1-2H3. The molecule has 7 heteroatoms. The highest BCUT2D eigenvalue weighted by Gasteiger charge is 2.36. The molecule has 5 rings (SSSR count). The fourth-order valence-electron chi connectivity index (χ4n) is 3.88. The van der Waals surface area contributed by atoms with Gasteiger partial charge < -0.3 is 19.4 Å². The largest absolute Gasteiger partial charge is 0.454 e. The van der Waals surface area contributed by atoms with Crippen LogP contribution in [0.3, 0.4) is 0 Å². The molecular formula is C22H18N4O3. The molecule has 0 saturated heterocycles. The summed E-state index contributed by atoms with van der Waals surface area (Å²) < 4.78 is 12.8. The summed E-state index contributed by atoms with van der Waals surface area (Å²) in [6.07, 6.45) is -0.467. The lowest BCUT2D eigenvalue weighted by atomic mass is 10.0. The van der Waals surface area contributed by atoms with Crippen LogP contribution >= 0.6 is 0 Å². The Balaban J connectivity index is 1.69. The van der Waals surface area contributed by atoms with Crippen LogP contribution in [0.25, 0.3) is 0 Å². The molecule has 2 aromatic carbocycles. The highest BCUT2D eigenvalue weighted by atomic mass is 16.7. The molecule has 3 heterocycles. The molecule has 1 atom stereocenters. The average Bonchev–Trinajstić information content (AvgIpc) is 3.32. The molecule has 0 spiro atoms. The van der Waals surface area contributed by atoms with E-state index in [-0.39, 0.29) is 12.7 Å². The molecule has 3 aromatic rings. The van der Waals surface area contributed by atoms with E-state index in [0.717, 1.165) is 16.9 Å². The molecular weight excluding hydrogens is 368 g/mol. The fourth-order valence-corrected chi connectivity index (χ4v) is 3.88. The number of hydrogen-bond donors (Lipinski definition) is 1. The monoisotopic (exact) mass is 386 g/mol. The molecule has 0 fully saturated rings. The molecule has 29 heavy (non-hydrogen) atoms. The van der Waals surface area contributed by atoms with Crippen molar-refractivity contribution in [1.82, 2.24) is 4.57 Å². The van der Waals surface area contributed by atoms with Crippen molar-refractivity contribution in [2.75, 3.05) is 17.0 Å². The third kappa shape index (κ3) is 2.53. The number of carbonyl (C=O) groups excluding carboxylic acids is 1. The van der Waals surface area contributed by atoms with E-state index < -0.39 is 6.17 Å². The zero-order chi connectivity index (χ0) is 20.1. The van der Waals surface area contributed by atoms with Crippen molar-refractivity contribution < 1.29 is 14.3 Å². The zero-order valence-electron chi connectivity index (χ0n) is 16.0. The summed E-state index contributed by atoms with van der Waals surface area (Å²) in [5, 5.41) is 12.9. The predicted molar refractivity (Wildman–Crippen MR) is 107 cm³/mol. The van der Waals surface area contributed by atoms with E-state index in [4.69, 9.17) is 9.47 Å². The van der Waals surface area contributed by atoms with Crippen LogP contribution in [0.2, 0.25) is 0 Å². The Labute approximate surface area is 167 Å². The Morgan fingerprint density at radius 1 is 1.14 bits per heavy atom. The number of benzene rings is 2. The number of nitrogens with one attached hydrogen (secondary N) is 1. The Bertz CT molecular complexity index is 1190. The van der Waals surface area contributed by atoms with Crippen molar-refractivity contribution in [3.63, 3.8) is 0 Å². The van der Waals surface area contributed by atoms with Crippen molar-refractivity contribution in [3.8, 4) is 17.6 Å². The molecule has 1 aromatic heterocycles. The lowest BCUT2D eigenvalue weighted by Gasteiger charge is -2.38. The van der Waals surface area contributed by atoms with Gasteiger partial charge in [-0.15, -0.1) is 0 Å². The van der Waals surface area contributed by atoms with E-state index >= 15 is 0 Å². The van der Waals surface area contributed by atoms with E-state index in [0.29, 0.717) is 28.4 Å². The molecule has 1 unspecified atom stereocenters. The number of hydrogen-bond acceptors (Lipinski definition) is 5. The number of carbonyl (C=O) groups is 1. The molecule has 1 N–H and O–H groups in total. The van der Waals surface area contributed by atoms with Crippen molar-refractivity contribution >= 4 is 17.3 Å². The maximum Gasteiger partial charge on any atom is 0.262 e. The van der Waals surface area contributed by atoms with E-state index in [1.54, 1.807) is 17.0 Å². The number of amides is 1. The smallest absolute Gasteiger partial charge is 0.262 e. The second kappa shape index (κ2) is 6.31. The second-order valence-corrected chi connectivity index (χ2v) is 7.05. The molecule has 0 aliphatic carbocycles. The van der Waals surface area contributed by atoms with E-state index in [9.17, 15) is 10.1 Å². The molecule has 7 nitrogen and oxygen atoms in total. The highest BCUT2D eigenvalue weighted by molar-refractivity contribution is 6.12. The zero-order valence-corrected chi connectivity index (χ0v) is 16.0. The topological polar surface area (TPSA) is 79.5 Å². The summed E-state index contributed by atoms with van der Waals surface area (Å²) in [6.45, 7) is 2.11. The van der Waals surface area contributed by atoms with Crippen molar-refractivity contribution in [2.24, 2.45) is 7.05 Å². The van der Waals surface area contributed by atoms with Crippen molar-refractivity contribution in [3.05, 3.63) is 71.0 Å². The third-order valence-corrected chi connectivity index (χ3v) is 5.54. The molecule has 0 saturated carbocycles. The number of anilines is 2. The lowest BCUT2D eigenvalue weighted by molar-refractivity contribution is 0.0975. The fraction of sp³-hybridized carbons (Fsp3) is 0.182. The molecule has 1 amide bonds. The number of fused-ring (bicyclic) bond motifs is 2. The minimum Gasteiger partial charge on any atom is -0.454 e. The first-order valence-corrected chi connectivity index (χ1v) is 9.23. The van der Waals surface area contributed by atoms with Gasteiger partial charge in [0.05, 0.1) is 11.3 Å². The SMILES string of the molecule is Cc1c(C2Nc3ccccc3C(=O)N2c2ccc3c(c2)OCO3)cc(C#N)n1C. The first-order valence-electron chi connectivity index (χ1n) is 9.23. The van der Waals surface area contributed by atoms with Crippen LogP contribution in [0, 0.1) is 18.3 Å². The summed E-state index contributed by atoms with van der Waals surface area (Å²) in [4.78, 5) is 15.2. The van der Waals surface area contributed by atoms with Gasteiger partial charge in [-0.2, -0.15) is 5.26 Å². The number of aromatic nitrogens is 1. The van der Waals surface area contributed by atoms with Gasteiger partial charge >= 0.3 is 0 Å². The van der Waals surface area contributed by atoms with Crippen LogP contribution in [-0.4, -0.2) is 17.3 Å². The maximum atomic E-state index is 13.5. The van der Waals surface area contributed by atoms with E-state index in [1.807, 2.05) is 54.9 Å². The molecule has 144 valence electrons. The van der Waals surface area contributed by atoms with Crippen LogP contribution in [0.15, 0.2) is 48.5 Å². The summed E-state index contributed by atoms with van der Waals surface area (Å²) >= 11 is 0. The van der Waals surface area contributed by atoms with Crippen LogP contribution in [0.4, 0.5) is 11.4 Å². The minimum atomic E-state index is -0.467. The summed E-state index contributed by atoms with van der Waals surface area (Å²) in [6, 6.07) is 16.9. The van der Waals surface area contributed by atoms with Crippen LogP contribution in [0.1, 0.15) is 33.5 Å². The number of ether oxygens (including phenoxy) is 2. The van der Waals surface area contributed by atoms with Gasteiger partial charge in [-0.05, 0) is 37.3 Å². The van der Waals surface area contributed by atoms with Crippen molar-refractivity contribution in [2.45, 2.75) is 13.1 Å². The minimum absolute atomic E-state index is 0.120. The quantitative estimate of drug-likeness (QED) is 0.726. The summed E-state index contributed by atoms with van der Waals surface area (Å²) in [5.74, 6) is 1.14. The van der Waals surface area contributed by atoms with Gasteiger partial charge in [-0.1, -0.05) is 12.1 Å². The second-order valence-electron chi connectivity index (χ2n) is 7.05. The molecule has 0 bridgehead atoms. The van der Waals surface area contributed by atoms with E-state index in [2.05, 4.69) is 11.4 Å². The molecule has 0 radical (unpaired) electrons. The van der Waals surface area contributed by atoms with Crippen LogP contribution < -0.4 is 19.7 Å². The van der Waals surface area contributed by atoms with Gasteiger partial charge in [0.2, 0.25) is 6.79 Å². The first-order chi connectivity index (χ1) is 14.1.